The summed E-state index contributed by atoms with van der Waals surface area (Å²) in [6.45, 7) is 1.95. The van der Waals surface area contributed by atoms with Gasteiger partial charge in [0.1, 0.15) is 23.4 Å². The summed E-state index contributed by atoms with van der Waals surface area (Å²) in [4.78, 5) is 0. The molecule has 1 N–H and O–H groups in total. The van der Waals surface area contributed by atoms with E-state index in [-0.39, 0.29) is 6.10 Å². The van der Waals surface area contributed by atoms with Crippen molar-refractivity contribution in [3.05, 3.63) is 53.6 Å². The maximum absolute atomic E-state index is 5.86. The highest BCUT2D eigenvalue weighted by Gasteiger charge is 2.15. The molecule has 0 bridgehead atoms. The van der Waals surface area contributed by atoms with Gasteiger partial charge in [-0.25, -0.2) is 0 Å². The third-order valence-electron chi connectivity index (χ3n) is 3.19. The summed E-state index contributed by atoms with van der Waals surface area (Å²) in [7, 11) is 0. The minimum Gasteiger partial charge on any atom is -0.489 e. The minimum atomic E-state index is 0.276. The summed E-state index contributed by atoms with van der Waals surface area (Å²) in [5, 5.41) is 3.98. The molecule has 0 amide bonds. The van der Waals surface area contributed by atoms with Gasteiger partial charge < -0.3 is 14.8 Å². The highest BCUT2D eigenvalue weighted by atomic mass is 35.5. The zero-order chi connectivity index (χ0) is 13.8. The molecule has 3 rings (SSSR count). The molecule has 2 aromatic rings. The average molecular weight is 290 g/mol. The first kappa shape index (κ1) is 13.3. The number of ether oxygens (including phenoxy) is 2. The average Bonchev–Trinajstić information content (AvgIpc) is 2.96. The number of hydrogen-bond donors (Lipinski definition) is 1. The molecule has 2 aromatic carbocycles. The summed E-state index contributed by atoms with van der Waals surface area (Å²) >= 11 is 5.84. The summed E-state index contributed by atoms with van der Waals surface area (Å²) in [6.07, 6.45) is 1.33. The van der Waals surface area contributed by atoms with Crippen molar-refractivity contribution in [1.82, 2.24) is 5.32 Å². The van der Waals surface area contributed by atoms with Crippen LogP contribution in [0, 0.1) is 0 Å². The predicted octanol–water partition coefficient (Wildman–Crippen LogP) is 3.87. The summed E-state index contributed by atoms with van der Waals surface area (Å²) < 4.78 is 11.6. The molecule has 0 aromatic heterocycles. The van der Waals surface area contributed by atoms with Gasteiger partial charge in [0.15, 0.2) is 0 Å². The Balaban J connectivity index is 1.62. The van der Waals surface area contributed by atoms with E-state index in [9.17, 15) is 0 Å². The fourth-order valence-electron chi connectivity index (χ4n) is 2.15. The maximum Gasteiger partial charge on any atom is 0.127 e. The number of halogens is 1. The molecule has 104 valence electrons. The monoisotopic (exact) mass is 289 g/mol. The number of benzene rings is 2. The fraction of sp³-hybridized carbons (Fsp3) is 0.250. The lowest BCUT2D eigenvalue weighted by Crippen LogP contribution is -2.19. The number of hydrogen-bond acceptors (Lipinski definition) is 3. The van der Waals surface area contributed by atoms with E-state index in [0.29, 0.717) is 5.02 Å². The molecule has 1 aliphatic heterocycles. The smallest absolute Gasteiger partial charge is 0.127 e. The second-order valence-corrected chi connectivity index (χ2v) is 5.20. The van der Waals surface area contributed by atoms with Crippen LogP contribution >= 0.6 is 11.6 Å². The van der Waals surface area contributed by atoms with Gasteiger partial charge in [-0.15, -0.1) is 0 Å². The zero-order valence-electron chi connectivity index (χ0n) is 11.0. The Kier molecular flexibility index (Phi) is 4.09. The Hall–Kier alpha value is -1.71. The van der Waals surface area contributed by atoms with Crippen molar-refractivity contribution in [2.75, 3.05) is 13.1 Å². The lowest BCUT2D eigenvalue weighted by Gasteiger charge is -2.13. The van der Waals surface area contributed by atoms with E-state index in [0.717, 1.165) is 36.8 Å². The topological polar surface area (TPSA) is 30.5 Å². The molecular formula is C16H16ClNO2. The van der Waals surface area contributed by atoms with Crippen molar-refractivity contribution < 1.29 is 9.47 Å². The third kappa shape index (κ3) is 3.44. The van der Waals surface area contributed by atoms with Crippen LogP contribution in [-0.2, 0) is 0 Å². The normalized spacial score (nSPS) is 17.9. The van der Waals surface area contributed by atoms with Crippen LogP contribution < -0.4 is 14.8 Å². The highest BCUT2D eigenvalue weighted by Crippen LogP contribution is 2.25. The molecule has 0 radical (unpaired) electrons. The van der Waals surface area contributed by atoms with Crippen molar-refractivity contribution >= 4 is 11.6 Å². The van der Waals surface area contributed by atoms with Gasteiger partial charge in [0, 0.05) is 11.6 Å². The first-order valence-corrected chi connectivity index (χ1v) is 7.08. The molecule has 4 heteroatoms. The van der Waals surface area contributed by atoms with Gasteiger partial charge in [0.05, 0.1) is 0 Å². The first-order chi connectivity index (χ1) is 9.79. The van der Waals surface area contributed by atoms with Crippen molar-refractivity contribution in [2.24, 2.45) is 0 Å². The van der Waals surface area contributed by atoms with E-state index >= 15 is 0 Å². The predicted molar refractivity (Wildman–Crippen MR) is 79.9 cm³/mol. The first-order valence-electron chi connectivity index (χ1n) is 6.70. The molecule has 20 heavy (non-hydrogen) atoms. The van der Waals surface area contributed by atoms with Crippen LogP contribution in [0.2, 0.25) is 5.02 Å². The maximum atomic E-state index is 5.86. The van der Waals surface area contributed by atoms with Gasteiger partial charge in [-0.2, -0.15) is 0 Å². The minimum absolute atomic E-state index is 0.276. The van der Waals surface area contributed by atoms with E-state index < -0.39 is 0 Å². The fourth-order valence-corrected chi connectivity index (χ4v) is 2.27. The SMILES string of the molecule is Clc1ccc(Oc2ccc(O[C@@H]3CCNC3)cc2)cc1. The van der Waals surface area contributed by atoms with E-state index in [1.54, 1.807) is 0 Å². The molecular weight excluding hydrogens is 274 g/mol. The lowest BCUT2D eigenvalue weighted by atomic mass is 10.3. The van der Waals surface area contributed by atoms with Crippen molar-refractivity contribution in [1.29, 1.82) is 0 Å². The number of nitrogens with one attached hydrogen (secondary N) is 1. The van der Waals surface area contributed by atoms with E-state index in [1.165, 1.54) is 0 Å². The number of rotatable bonds is 4. The molecule has 0 aliphatic carbocycles. The van der Waals surface area contributed by atoms with E-state index in [1.807, 2.05) is 48.5 Å². The molecule has 0 saturated carbocycles. The van der Waals surface area contributed by atoms with Crippen LogP contribution in [0.1, 0.15) is 6.42 Å². The Morgan fingerprint density at radius 2 is 1.50 bits per heavy atom. The van der Waals surface area contributed by atoms with Gasteiger partial charge in [-0.3, -0.25) is 0 Å². The van der Waals surface area contributed by atoms with Gasteiger partial charge in [-0.05, 0) is 61.5 Å². The largest absolute Gasteiger partial charge is 0.489 e. The van der Waals surface area contributed by atoms with Gasteiger partial charge >= 0.3 is 0 Å². The van der Waals surface area contributed by atoms with Crippen LogP contribution in [0.5, 0.6) is 17.2 Å². The highest BCUT2D eigenvalue weighted by molar-refractivity contribution is 6.30. The summed E-state index contributed by atoms with van der Waals surface area (Å²) in [5.41, 5.74) is 0. The van der Waals surface area contributed by atoms with E-state index in [2.05, 4.69) is 5.32 Å². The van der Waals surface area contributed by atoms with Crippen molar-refractivity contribution in [2.45, 2.75) is 12.5 Å². The molecule has 1 aliphatic rings. The van der Waals surface area contributed by atoms with E-state index in [4.69, 9.17) is 21.1 Å². The molecule has 0 unspecified atom stereocenters. The molecule has 1 saturated heterocycles. The zero-order valence-corrected chi connectivity index (χ0v) is 11.8. The molecule has 0 spiro atoms. The Bertz CT molecular complexity index is 548. The second-order valence-electron chi connectivity index (χ2n) is 4.76. The van der Waals surface area contributed by atoms with Crippen LogP contribution in [0.3, 0.4) is 0 Å². The Morgan fingerprint density at radius 1 is 0.900 bits per heavy atom. The van der Waals surface area contributed by atoms with Gasteiger partial charge in [-0.1, -0.05) is 11.6 Å². The van der Waals surface area contributed by atoms with Crippen LogP contribution in [-0.4, -0.2) is 19.2 Å². The van der Waals surface area contributed by atoms with Gasteiger partial charge in [0.25, 0.3) is 0 Å². The third-order valence-corrected chi connectivity index (χ3v) is 3.44. The quantitative estimate of drug-likeness (QED) is 0.927. The molecule has 3 nitrogen and oxygen atoms in total. The van der Waals surface area contributed by atoms with Crippen LogP contribution in [0.4, 0.5) is 0 Å². The summed E-state index contributed by atoms with van der Waals surface area (Å²) in [5.74, 6) is 2.43. The van der Waals surface area contributed by atoms with Crippen LogP contribution in [0.15, 0.2) is 48.5 Å². The Morgan fingerprint density at radius 3 is 2.10 bits per heavy atom. The molecule has 1 heterocycles. The van der Waals surface area contributed by atoms with Crippen molar-refractivity contribution in [3.8, 4) is 17.2 Å². The molecule has 1 fully saturated rings. The lowest BCUT2D eigenvalue weighted by molar-refractivity contribution is 0.223. The van der Waals surface area contributed by atoms with Crippen molar-refractivity contribution in [3.63, 3.8) is 0 Å². The Labute approximate surface area is 123 Å². The standard InChI is InChI=1S/C16H16ClNO2/c17-12-1-3-13(4-2-12)19-14-5-7-15(8-6-14)20-16-9-10-18-11-16/h1-8,16,18H,9-11H2/t16-/m1/s1. The van der Waals surface area contributed by atoms with Gasteiger partial charge in [0.2, 0.25) is 0 Å². The summed E-state index contributed by atoms with van der Waals surface area (Å²) in [6, 6.07) is 15.0. The second kappa shape index (κ2) is 6.16. The molecule has 1 atom stereocenters. The van der Waals surface area contributed by atoms with Crippen LogP contribution in [0.25, 0.3) is 0 Å².